The molecule has 1 saturated carbocycles. The number of hydrogen-bond acceptors (Lipinski definition) is 3. The van der Waals surface area contributed by atoms with Crippen molar-refractivity contribution in [3.8, 4) is 0 Å². The molecule has 4 atom stereocenters. The molecule has 27 heavy (non-hydrogen) atoms. The van der Waals surface area contributed by atoms with Crippen molar-refractivity contribution in [1.29, 1.82) is 0 Å². The second-order valence-electron chi connectivity index (χ2n) is 8.84. The van der Waals surface area contributed by atoms with Gasteiger partial charge in [-0.3, -0.25) is 4.67 Å². The average molecular weight is 387 g/mol. The topological polar surface area (TPSA) is 24.8 Å². The van der Waals surface area contributed by atoms with Crippen LogP contribution in [0.3, 0.4) is 0 Å². The standard InChI is InChI=1S/C23H35N2OP/c27-25-15-13-19(14-16-25)18-7-4-5-8-20(12-6-11-18)22-17-23(26-24-22)21-9-2-1-3-10-21/h1-3,9-10,18-20,23H,4-8,11-17,27H2/t18?,20-,23?/m0/s1. The molecular weight excluding hydrogens is 351 g/mol. The molecule has 2 aliphatic heterocycles. The number of benzene rings is 1. The summed E-state index contributed by atoms with van der Waals surface area (Å²) in [4.78, 5) is 5.82. The van der Waals surface area contributed by atoms with Gasteiger partial charge in [-0.25, -0.2) is 0 Å². The Kier molecular flexibility index (Phi) is 6.84. The first-order valence-corrected chi connectivity index (χ1v) is 11.6. The van der Waals surface area contributed by atoms with Crippen LogP contribution in [0.5, 0.6) is 0 Å². The highest BCUT2D eigenvalue weighted by atomic mass is 31.0. The van der Waals surface area contributed by atoms with Gasteiger partial charge in [0.2, 0.25) is 0 Å². The van der Waals surface area contributed by atoms with E-state index in [2.05, 4.69) is 49.5 Å². The maximum absolute atomic E-state index is 5.82. The molecule has 0 spiro atoms. The van der Waals surface area contributed by atoms with Gasteiger partial charge < -0.3 is 4.84 Å². The lowest BCUT2D eigenvalue weighted by atomic mass is 9.79. The second kappa shape index (κ2) is 9.52. The Balaban J connectivity index is 1.30. The van der Waals surface area contributed by atoms with Crippen LogP contribution in [0.1, 0.15) is 75.9 Å². The summed E-state index contributed by atoms with van der Waals surface area (Å²) in [6, 6.07) is 10.6. The molecule has 1 aromatic carbocycles. The van der Waals surface area contributed by atoms with E-state index < -0.39 is 0 Å². The van der Waals surface area contributed by atoms with E-state index >= 15 is 0 Å². The van der Waals surface area contributed by atoms with E-state index in [1.807, 2.05) is 0 Å². The first kappa shape index (κ1) is 19.4. The Morgan fingerprint density at radius 3 is 2.33 bits per heavy atom. The smallest absolute Gasteiger partial charge is 0.157 e. The van der Waals surface area contributed by atoms with Crippen LogP contribution in [0.25, 0.3) is 0 Å². The first-order chi connectivity index (χ1) is 13.3. The minimum absolute atomic E-state index is 0.138. The van der Waals surface area contributed by atoms with Crippen LogP contribution < -0.4 is 0 Å². The van der Waals surface area contributed by atoms with E-state index in [0.29, 0.717) is 5.92 Å². The predicted molar refractivity (Wildman–Crippen MR) is 116 cm³/mol. The summed E-state index contributed by atoms with van der Waals surface area (Å²) in [6.07, 6.45) is 13.5. The van der Waals surface area contributed by atoms with Crippen LogP contribution in [0, 0.1) is 17.8 Å². The van der Waals surface area contributed by atoms with Crippen LogP contribution in [0.2, 0.25) is 0 Å². The van der Waals surface area contributed by atoms with Gasteiger partial charge in [-0.05, 0) is 43.1 Å². The van der Waals surface area contributed by atoms with Crippen molar-refractivity contribution < 1.29 is 4.84 Å². The zero-order chi connectivity index (χ0) is 18.5. The second-order valence-corrected chi connectivity index (χ2v) is 9.57. The van der Waals surface area contributed by atoms with Crippen molar-refractivity contribution in [3.05, 3.63) is 35.9 Å². The minimum atomic E-state index is 0.138. The highest BCUT2D eigenvalue weighted by molar-refractivity contribution is 7.13. The molecule has 4 heteroatoms. The average Bonchev–Trinajstić information content (AvgIpc) is 3.22. The number of nitrogens with zero attached hydrogens (tertiary/aromatic N) is 2. The Morgan fingerprint density at radius 2 is 1.52 bits per heavy atom. The number of rotatable bonds is 3. The van der Waals surface area contributed by atoms with Crippen molar-refractivity contribution in [1.82, 2.24) is 4.67 Å². The third kappa shape index (κ3) is 5.12. The molecule has 3 unspecified atom stereocenters. The third-order valence-electron chi connectivity index (χ3n) is 7.08. The fourth-order valence-electron chi connectivity index (χ4n) is 5.39. The minimum Gasteiger partial charge on any atom is -0.387 e. The molecule has 148 valence electrons. The van der Waals surface area contributed by atoms with Crippen LogP contribution in [-0.4, -0.2) is 23.5 Å². The third-order valence-corrected chi connectivity index (χ3v) is 7.60. The largest absolute Gasteiger partial charge is 0.387 e. The van der Waals surface area contributed by atoms with Gasteiger partial charge in [-0.15, -0.1) is 0 Å². The Hall–Kier alpha value is -0.920. The zero-order valence-electron chi connectivity index (χ0n) is 16.6. The van der Waals surface area contributed by atoms with E-state index in [1.54, 1.807) is 0 Å². The quantitative estimate of drug-likeness (QED) is 0.597. The van der Waals surface area contributed by atoms with Gasteiger partial charge in [0.1, 0.15) is 0 Å². The Morgan fingerprint density at radius 1 is 0.852 bits per heavy atom. The fraction of sp³-hybridized carbons (Fsp3) is 0.696. The molecule has 2 heterocycles. The molecule has 0 radical (unpaired) electrons. The predicted octanol–water partition coefficient (Wildman–Crippen LogP) is 5.98. The SMILES string of the molecule is PN1CCC(C2CCCC[C@H](C3=NOC(c4ccccc4)C3)CCC2)CC1. The summed E-state index contributed by atoms with van der Waals surface area (Å²) in [6.45, 7) is 2.53. The summed E-state index contributed by atoms with van der Waals surface area (Å²) >= 11 is 0. The maximum Gasteiger partial charge on any atom is 0.157 e. The molecule has 0 N–H and O–H groups in total. The van der Waals surface area contributed by atoms with Crippen molar-refractivity contribution in [3.63, 3.8) is 0 Å². The summed E-state index contributed by atoms with van der Waals surface area (Å²) in [7, 11) is 2.89. The van der Waals surface area contributed by atoms with Gasteiger partial charge in [-0.1, -0.05) is 77.0 Å². The molecule has 4 rings (SSSR count). The van der Waals surface area contributed by atoms with Crippen LogP contribution >= 0.6 is 9.39 Å². The fourth-order valence-corrected chi connectivity index (χ4v) is 5.69. The maximum atomic E-state index is 5.82. The van der Waals surface area contributed by atoms with E-state index in [1.165, 1.54) is 82.2 Å². The van der Waals surface area contributed by atoms with Gasteiger partial charge in [0, 0.05) is 25.4 Å². The van der Waals surface area contributed by atoms with Gasteiger partial charge in [0.05, 0.1) is 5.71 Å². The molecule has 3 nitrogen and oxygen atoms in total. The van der Waals surface area contributed by atoms with Crippen molar-refractivity contribution in [2.75, 3.05) is 13.1 Å². The molecule has 0 aromatic heterocycles. The Labute approximate surface area is 167 Å². The molecular formula is C23H35N2OP. The molecule has 1 aliphatic carbocycles. The summed E-state index contributed by atoms with van der Waals surface area (Å²) in [5.41, 5.74) is 2.60. The van der Waals surface area contributed by atoms with E-state index in [4.69, 9.17) is 4.84 Å². The lowest BCUT2D eigenvalue weighted by molar-refractivity contribution is 0.0856. The monoisotopic (exact) mass is 386 g/mol. The van der Waals surface area contributed by atoms with Crippen molar-refractivity contribution in [2.45, 2.75) is 70.3 Å². The molecule has 1 saturated heterocycles. The van der Waals surface area contributed by atoms with Gasteiger partial charge >= 0.3 is 0 Å². The summed E-state index contributed by atoms with van der Waals surface area (Å²) in [5.74, 6) is 2.57. The zero-order valence-corrected chi connectivity index (χ0v) is 17.7. The normalized spacial score (nSPS) is 31.4. The van der Waals surface area contributed by atoms with E-state index in [0.717, 1.165) is 18.3 Å². The molecule has 0 amide bonds. The Bertz CT molecular complexity index is 612. The van der Waals surface area contributed by atoms with Crippen LogP contribution in [0.15, 0.2) is 35.5 Å². The molecule has 2 fully saturated rings. The van der Waals surface area contributed by atoms with Gasteiger partial charge in [0.25, 0.3) is 0 Å². The van der Waals surface area contributed by atoms with Crippen LogP contribution in [0.4, 0.5) is 0 Å². The lowest BCUT2D eigenvalue weighted by Crippen LogP contribution is -2.30. The summed E-state index contributed by atoms with van der Waals surface area (Å²) < 4.78 is 2.42. The van der Waals surface area contributed by atoms with Crippen LogP contribution in [-0.2, 0) is 4.84 Å². The molecule has 1 aromatic rings. The molecule has 3 aliphatic rings. The van der Waals surface area contributed by atoms with E-state index in [-0.39, 0.29) is 6.10 Å². The number of piperidine rings is 1. The highest BCUT2D eigenvalue weighted by Crippen LogP contribution is 2.37. The lowest BCUT2D eigenvalue weighted by Gasteiger charge is -2.34. The first-order valence-electron chi connectivity index (χ1n) is 11.1. The summed E-state index contributed by atoms with van der Waals surface area (Å²) in [5, 5.41) is 4.55. The van der Waals surface area contributed by atoms with Crippen molar-refractivity contribution in [2.24, 2.45) is 22.9 Å². The number of hydrogen-bond donors (Lipinski definition) is 0. The van der Waals surface area contributed by atoms with E-state index in [9.17, 15) is 0 Å². The molecule has 0 bridgehead atoms. The van der Waals surface area contributed by atoms with Crippen molar-refractivity contribution >= 4 is 15.1 Å². The van der Waals surface area contributed by atoms with Gasteiger partial charge in [-0.2, -0.15) is 0 Å². The number of oxime groups is 1. The van der Waals surface area contributed by atoms with Gasteiger partial charge in [0.15, 0.2) is 6.10 Å². The highest BCUT2D eigenvalue weighted by Gasteiger charge is 2.30.